The van der Waals surface area contributed by atoms with Gasteiger partial charge in [0.15, 0.2) is 0 Å². The SMILES string of the molecule is CC/C=C/C(=C\N=C(C)C1CN(Cc2ccccn2)C1)c1cccc(N/C(C=C(N)N)=C(\C)N)c1OC.CNC=O. The maximum absolute atomic E-state index is 9.06. The fraction of sp³-hybridized carbons (Fsp3) is 0.323. The van der Waals surface area contributed by atoms with E-state index in [0.29, 0.717) is 29.5 Å². The number of nitrogens with zero attached hydrogens (tertiary/aromatic N) is 3. The van der Waals surface area contributed by atoms with Crippen molar-refractivity contribution in [1.29, 1.82) is 0 Å². The van der Waals surface area contributed by atoms with Crippen molar-refractivity contribution in [3.05, 3.63) is 95.5 Å². The van der Waals surface area contributed by atoms with E-state index in [1.54, 1.807) is 27.2 Å². The number of para-hydroxylation sites is 1. The molecule has 0 spiro atoms. The molecule has 10 heteroatoms. The van der Waals surface area contributed by atoms with Gasteiger partial charge >= 0.3 is 0 Å². The van der Waals surface area contributed by atoms with E-state index in [1.807, 2.05) is 42.7 Å². The quantitative estimate of drug-likeness (QED) is 0.149. The first-order valence-electron chi connectivity index (χ1n) is 13.5. The van der Waals surface area contributed by atoms with Crippen LogP contribution < -0.4 is 32.6 Å². The van der Waals surface area contributed by atoms with Gasteiger partial charge < -0.3 is 32.6 Å². The monoisotopic (exact) mass is 560 g/mol. The Labute approximate surface area is 243 Å². The van der Waals surface area contributed by atoms with Gasteiger partial charge in [0.25, 0.3) is 0 Å². The number of rotatable bonds is 12. The molecule has 0 unspecified atom stereocenters. The molecule has 0 aliphatic carbocycles. The molecule has 8 N–H and O–H groups in total. The highest BCUT2D eigenvalue weighted by Gasteiger charge is 2.28. The first kappa shape index (κ1) is 32.6. The Bertz CT molecular complexity index is 1270. The number of carbonyl (C=O) groups is 1. The molecule has 3 rings (SSSR count). The summed E-state index contributed by atoms with van der Waals surface area (Å²) in [5, 5.41) is 5.55. The number of hydrogen-bond acceptors (Lipinski definition) is 9. The number of likely N-dealkylation sites (tertiary alicyclic amines) is 1. The van der Waals surface area contributed by atoms with Crippen molar-refractivity contribution in [2.75, 3.05) is 32.6 Å². The van der Waals surface area contributed by atoms with Gasteiger partial charge in [0.2, 0.25) is 6.41 Å². The van der Waals surface area contributed by atoms with E-state index < -0.39 is 0 Å². The minimum absolute atomic E-state index is 0.160. The number of anilines is 1. The Balaban J connectivity index is 0.00000138. The van der Waals surface area contributed by atoms with Crippen LogP contribution in [0.5, 0.6) is 5.75 Å². The summed E-state index contributed by atoms with van der Waals surface area (Å²) in [6.07, 6.45) is 11.1. The second-order valence-electron chi connectivity index (χ2n) is 9.54. The van der Waals surface area contributed by atoms with Gasteiger partial charge in [-0.25, -0.2) is 0 Å². The van der Waals surface area contributed by atoms with Gasteiger partial charge in [-0.1, -0.05) is 37.3 Å². The number of nitrogens with two attached hydrogens (primary N) is 3. The Hall–Kier alpha value is -4.57. The van der Waals surface area contributed by atoms with E-state index in [2.05, 4.69) is 52.6 Å². The lowest BCUT2D eigenvalue weighted by Crippen LogP contribution is -2.49. The lowest BCUT2D eigenvalue weighted by molar-refractivity contribution is -0.109. The molecule has 10 nitrogen and oxygen atoms in total. The topological polar surface area (TPSA) is 157 Å². The van der Waals surface area contributed by atoms with Crippen LogP contribution in [-0.2, 0) is 11.3 Å². The number of nitrogens with one attached hydrogen (secondary N) is 2. The first-order chi connectivity index (χ1) is 19.7. The van der Waals surface area contributed by atoms with Gasteiger partial charge in [-0.15, -0.1) is 0 Å². The number of methoxy groups -OCH3 is 1. The summed E-state index contributed by atoms with van der Waals surface area (Å²) in [5.41, 5.74) is 23.4. The molecule has 0 radical (unpaired) electrons. The average Bonchev–Trinajstić information content (AvgIpc) is 2.94. The average molecular weight is 561 g/mol. The van der Waals surface area contributed by atoms with Crippen molar-refractivity contribution in [1.82, 2.24) is 15.2 Å². The van der Waals surface area contributed by atoms with Crippen LogP contribution in [0.25, 0.3) is 5.57 Å². The molecule has 1 aliphatic heterocycles. The van der Waals surface area contributed by atoms with Crippen molar-refractivity contribution in [2.45, 2.75) is 33.7 Å². The van der Waals surface area contributed by atoms with Gasteiger partial charge in [-0.3, -0.25) is 19.7 Å². The van der Waals surface area contributed by atoms with E-state index >= 15 is 0 Å². The van der Waals surface area contributed by atoms with Crippen LogP contribution in [0.1, 0.15) is 38.4 Å². The van der Waals surface area contributed by atoms with Gasteiger partial charge in [-0.2, -0.15) is 0 Å². The molecule has 1 amide bonds. The van der Waals surface area contributed by atoms with Crippen molar-refractivity contribution >= 4 is 23.4 Å². The van der Waals surface area contributed by atoms with Crippen LogP contribution in [0.4, 0.5) is 5.69 Å². The Morgan fingerprint density at radius 1 is 1.17 bits per heavy atom. The summed E-state index contributed by atoms with van der Waals surface area (Å²) in [6.45, 7) is 8.81. The van der Waals surface area contributed by atoms with Crippen LogP contribution in [0, 0.1) is 5.92 Å². The van der Waals surface area contributed by atoms with E-state index in [9.17, 15) is 0 Å². The first-order valence-corrected chi connectivity index (χ1v) is 13.5. The molecule has 0 saturated carbocycles. The number of aromatic nitrogens is 1. The van der Waals surface area contributed by atoms with E-state index in [-0.39, 0.29) is 5.82 Å². The minimum atomic E-state index is 0.160. The standard InChI is InChI=1S/C29H39N7O.C2H5NO/c1-5-6-10-22(16-34-21(3)23-17-36(18-23)19-24-11-7-8-14-33-24)25-12-9-13-26(29(25)37-4)35-27(20(2)30)15-28(31)32;1-3-2-4/h6-16,23,35H,5,17-19,30-32H2,1-4H3;2H,1H3,(H,3,4)/b10-6+,22-16+,27-20+,34-21?;. The van der Waals surface area contributed by atoms with Crippen LogP contribution in [-0.4, -0.2) is 49.3 Å². The third kappa shape index (κ3) is 10.5. The summed E-state index contributed by atoms with van der Waals surface area (Å²) >= 11 is 0. The molecule has 1 aliphatic rings. The maximum atomic E-state index is 9.06. The summed E-state index contributed by atoms with van der Waals surface area (Å²) < 4.78 is 5.84. The number of hydrogen-bond donors (Lipinski definition) is 5. The van der Waals surface area contributed by atoms with Crippen molar-refractivity contribution in [2.24, 2.45) is 28.1 Å². The van der Waals surface area contributed by atoms with Crippen LogP contribution in [0.2, 0.25) is 0 Å². The molecule has 2 heterocycles. The highest BCUT2D eigenvalue weighted by Crippen LogP contribution is 2.35. The third-order valence-electron chi connectivity index (χ3n) is 6.25. The molecule has 41 heavy (non-hydrogen) atoms. The maximum Gasteiger partial charge on any atom is 0.206 e. The molecule has 1 saturated heterocycles. The predicted molar refractivity (Wildman–Crippen MR) is 169 cm³/mol. The molecule has 220 valence electrons. The number of amides is 1. The van der Waals surface area contributed by atoms with E-state index in [4.69, 9.17) is 31.7 Å². The largest absolute Gasteiger partial charge is 0.494 e. The predicted octanol–water partition coefficient (Wildman–Crippen LogP) is 3.71. The van der Waals surface area contributed by atoms with Gasteiger partial charge in [-0.05, 0) is 38.5 Å². The van der Waals surface area contributed by atoms with Crippen LogP contribution in [0.15, 0.2) is 89.2 Å². The highest BCUT2D eigenvalue weighted by atomic mass is 16.5. The van der Waals surface area contributed by atoms with Gasteiger partial charge in [0.1, 0.15) is 5.75 Å². The molecule has 1 fully saturated rings. The lowest BCUT2D eigenvalue weighted by Gasteiger charge is -2.39. The van der Waals surface area contributed by atoms with Gasteiger partial charge in [0, 0.05) is 73.6 Å². The van der Waals surface area contributed by atoms with Crippen molar-refractivity contribution in [3.63, 3.8) is 0 Å². The molecule has 2 aromatic rings. The zero-order valence-electron chi connectivity index (χ0n) is 24.7. The number of benzene rings is 1. The fourth-order valence-corrected chi connectivity index (χ4v) is 4.05. The summed E-state index contributed by atoms with van der Waals surface area (Å²) in [4.78, 5) is 20.7. The normalized spacial score (nSPS) is 14.8. The van der Waals surface area contributed by atoms with Gasteiger partial charge in [0.05, 0.1) is 30.0 Å². The second kappa shape index (κ2) is 17.2. The van der Waals surface area contributed by atoms with E-state index in [0.717, 1.165) is 54.3 Å². The number of ether oxygens (including phenoxy) is 1. The number of pyridine rings is 1. The lowest BCUT2D eigenvalue weighted by atomic mass is 9.95. The Morgan fingerprint density at radius 2 is 1.90 bits per heavy atom. The second-order valence-corrected chi connectivity index (χ2v) is 9.54. The van der Waals surface area contributed by atoms with Crippen LogP contribution >= 0.6 is 0 Å². The zero-order chi connectivity index (χ0) is 30.2. The molecule has 1 aromatic heterocycles. The van der Waals surface area contributed by atoms with Crippen molar-refractivity contribution < 1.29 is 9.53 Å². The molecular weight excluding hydrogens is 516 g/mol. The molecule has 0 atom stereocenters. The minimum Gasteiger partial charge on any atom is -0.494 e. The summed E-state index contributed by atoms with van der Waals surface area (Å²) in [6, 6.07) is 11.9. The fourth-order valence-electron chi connectivity index (χ4n) is 4.05. The van der Waals surface area contributed by atoms with Crippen LogP contribution in [0.3, 0.4) is 0 Å². The zero-order valence-corrected chi connectivity index (χ0v) is 24.7. The number of allylic oxidation sites excluding steroid dienone is 5. The Morgan fingerprint density at radius 3 is 2.46 bits per heavy atom. The number of carbonyl (C=O) groups excluding carboxylic acids is 1. The Kier molecular flexibility index (Phi) is 13.7. The third-order valence-corrected chi connectivity index (χ3v) is 6.25. The highest BCUT2D eigenvalue weighted by molar-refractivity contribution is 5.88. The summed E-state index contributed by atoms with van der Waals surface area (Å²) in [5.74, 6) is 1.27. The summed E-state index contributed by atoms with van der Waals surface area (Å²) in [7, 11) is 3.21. The van der Waals surface area contributed by atoms with Crippen molar-refractivity contribution in [3.8, 4) is 5.75 Å². The van der Waals surface area contributed by atoms with E-state index in [1.165, 1.54) is 0 Å². The molecule has 0 bridgehead atoms. The smallest absolute Gasteiger partial charge is 0.206 e. The number of aliphatic imine (C=N–C) groups is 1. The molecule has 1 aromatic carbocycles. The molecular formula is C31H44N8O2.